The second-order valence-corrected chi connectivity index (χ2v) is 5.72. The first-order chi connectivity index (χ1) is 9.22. The first kappa shape index (κ1) is 13.9. The first-order valence-corrected chi connectivity index (χ1v) is 7.48. The van der Waals surface area contributed by atoms with Gasteiger partial charge in [0.2, 0.25) is 0 Å². The largest absolute Gasteiger partial charge is 0.384 e. The van der Waals surface area contributed by atoms with Crippen LogP contribution in [0.5, 0.6) is 0 Å². The first-order valence-electron chi connectivity index (χ1n) is 6.00. The molecule has 0 saturated carbocycles. The van der Waals surface area contributed by atoms with Gasteiger partial charge in [0.15, 0.2) is 5.82 Å². The summed E-state index contributed by atoms with van der Waals surface area (Å²) < 4.78 is 18.6. The maximum absolute atomic E-state index is 11.8. The van der Waals surface area contributed by atoms with Crippen molar-refractivity contribution in [1.29, 1.82) is 0 Å². The molecule has 1 heterocycles. The lowest BCUT2D eigenvalue weighted by Crippen LogP contribution is -2.10. The van der Waals surface area contributed by atoms with Gasteiger partial charge in [-0.3, -0.25) is 4.21 Å². The van der Waals surface area contributed by atoms with Crippen LogP contribution in [0.15, 0.2) is 30.3 Å². The van der Waals surface area contributed by atoms with Gasteiger partial charge in [0.1, 0.15) is 5.82 Å². The molecule has 6 heteroatoms. The topological polar surface area (TPSA) is 57.0 Å². The Balaban J connectivity index is 2.13. The van der Waals surface area contributed by atoms with E-state index in [9.17, 15) is 4.21 Å². The maximum Gasteiger partial charge on any atom is 0.163 e. The molecule has 0 aliphatic rings. The van der Waals surface area contributed by atoms with E-state index in [1.807, 2.05) is 41.9 Å². The number of methoxy groups -OCH3 is 1. The molecular formula is C13H17N3O2S. The molecule has 0 aliphatic heterocycles. The fourth-order valence-corrected chi connectivity index (χ4v) is 2.75. The van der Waals surface area contributed by atoms with Gasteiger partial charge in [-0.05, 0) is 0 Å². The minimum atomic E-state index is -0.973. The van der Waals surface area contributed by atoms with Crippen molar-refractivity contribution in [1.82, 2.24) is 14.8 Å². The Bertz CT molecular complexity index is 554. The summed E-state index contributed by atoms with van der Waals surface area (Å²) in [5.41, 5.74) is 1.01. The molecule has 0 aliphatic carbocycles. The molecule has 0 bridgehead atoms. The van der Waals surface area contributed by atoms with Crippen LogP contribution in [0.1, 0.15) is 5.82 Å². The predicted molar refractivity (Wildman–Crippen MR) is 75.0 cm³/mol. The van der Waals surface area contributed by atoms with E-state index in [-0.39, 0.29) is 0 Å². The van der Waals surface area contributed by atoms with Gasteiger partial charge in [0.05, 0.1) is 12.4 Å². The van der Waals surface area contributed by atoms with Crippen molar-refractivity contribution in [3.8, 4) is 11.4 Å². The number of rotatable bonds is 6. The fourth-order valence-electron chi connectivity index (χ4n) is 1.72. The van der Waals surface area contributed by atoms with Gasteiger partial charge >= 0.3 is 0 Å². The average molecular weight is 279 g/mol. The highest BCUT2D eigenvalue weighted by atomic mass is 32.2. The average Bonchev–Trinajstić information content (AvgIpc) is 2.79. The number of nitrogens with zero attached hydrogens (tertiary/aromatic N) is 3. The van der Waals surface area contributed by atoms with Crippen LogP contribution in [0, 0.1) is 0 Å². The van der Waals surface area contributed by atoms with E-state index in [4.69, 9.17) is 4.74 Å². The van der Waals surface area contributed by atoms with E-state index in [1.165, 1.54) is 0 Å². The predicted octanol–water partition coefficient (Wildman–Crippen LogP) is 1.38. The van der Waals surface area contributed by atoms with Crippen LogP contribution in [0.2, 0.25) is 0 Å². The highest BCUT2D eigenvalue weighted by molar-refractivity contribution is 7.84. The van der Waals surface area contributed by atoms with Crippen LogP contribution in [-0.4, -0.2) is 38.4 Å². The molecule has 5 nitrogen and oxygen atoms in total. The van der Waals surface area contributed by atoms with E-state index in [0.717, 1.165) is 17.2 Å². The quantitative estimate of drug-likeness (QED) is 0.801. The number of aromatic nitrogens is 3. The van der Waals surface area contributed by atoms with Crippen molar-refractivity contribution in [2.45, 2.75) is 5.75 Å². The van der Waals surface area contributed by atoms with Crippen LogP contribution in [0.3, 0.4) is 0 Å². The Hall–Kier alpha value is -1.53. The van der Waals surface area contributed by atoms with Crippen LogP contribution in [-0.2, 0) is 28.3 Å². The van der Waals surface area contributed by atoms with Crippen molar-refractivity contribution in [2.75, 3.05) is 19.5 Å². The molecule has 0 radical (unpaired) electrons. The lowest BCUT2D eigenvalue weighted by atomic mass is 10.2. The van der Waals surface area contributed by atoms with E-state index in [2.05, 4.69) is 10.2 Å². The molecule has 2 rings (SSSR count). The van der Waals surface area contributed by atoms with E-state index in [0.29, 0.717) is 18.1 Å². The van der Waals surface area contributed by atoms with Crippen molar-refractivity contribution < 1.29 is 8.95 Å². The van der Waals surface area contributed by atoms with Crippen LogP contribution >= 0.6 is 0 Å². The summed E-state index contributed by atoms with van der Waals surface area (Å²) in [7, 11) is 2.53. The molecule has 0 amide bonds. The van der Waals surface area contributed by atoms with Crippen LogP contribution < -0.4 is 0 Å². The summed E-state index contributed by atoms with van der Waals surface area (Å²) in [5, 5.41) is 8.29. The van der Waals surface area contributed by atoms with Crippen molar-refractivity contribution >= 4 is 10.8 Å². The molecule has 1 atom stereocenters. The van der Waals surface area contributed by atoms with Gasteiger partial charge in [-0.2, -0.15) is 0 Å². The van der Waals surface area contributed by atoms with Gasteiger partial charge in [-0.1, -0.05) is 30.3 Å². The van der Waals surface area contributed by atoms with Crippen molar-refractivity contribution in [3.05, 3.63) is 36.2 Å². The van der Waals surface area contributed by atoms with E-state index < -0.39 is 10.8 Å². The van der Waals surface area contributed by atoms with Gasteiger partial charge < -0.3 is 9.30 Å². The zero-order valence-corrected chi connectivity index (χ0v) is 11.9. The number of hydrogen-bond acceptors (Lipinski definition) is 4. The van der Waals surface area contributed by atoms with Gasteiger partial charge in [-0.25, -0.2) is 0 Å². The van der Waals surface area contributed by atoms with Crippen LogP contribution in [0.25, 0.3) is 11.4 Å². The molecule has 0 N–H and O–H groups in total. The summed E-state index contributed by atoms with van der Waals surface area (Å²) in [6.45, 7) is 0.496. The molecular weight excluding hydrogens is 262 g/mol. The summed E-state index contributed by atoms with van der Waals surface area (Å²) in [6, 6.07) is 9.84. The number of benzene rings is 1. The molecule has 1 aromatic carbocycles. The van der Waals surface area contributed by atoms with Gasteiger partial charge in [0, 0.05) is 36.3 Å². The van der Waals surface area contributed by atoms with Gasteiger partial charge in [0.25, 0.3) is 0 Å². The Kier molecular flexibility index (Phi) is 4.81. The maximum atomic E-state index is 11.8. The third-order valence-corrected chi connectivity index (χ3v) is 4.00. The smallest absolute Gasteiger partial charge is 0.163 e. The highest BCUT2D eigenvalue weighted by Gasteiger charge is 2.12. The SMILES string of the molecule is COCC[S@@](=O)Cc1nnc(-c2ccccc2)n1C. The van der Waals surface area contributed by atoms with Gasteiger partial charge in [-0.15, -0.1) is 10.2 Å². The zero-order chi connectivity index (χ0) is 13.7. The van der Waals surface area contributed by atoms with E-state index in [1.54, 1.807) is 7.11 Å². The Morgan fingerprint density at radius 2 is 2.00 bits per heavy atom. The monoisotopic (exact) mass is 279 g/mol. The lowest BCUT2D eigenvalue weighted by Gasteiger charge is -2.04. The number of ether oxygens (including phenoxy) is 1. The molecule has 0 saturated heterocycles. The standard InChI is InChI=1S/C13H17N3O2S/c1-16-12(10-19(17)9-8-18-2)14-15-13(16)11-6-4-3-5-7-11/h3-7H,8-10H2,1-2H3/t19-/m1/s1. The highest BCUT2D eigenvalue weighted by Crippen LogP contribution is 2.17. The summed E-state index contributed by atoms with van der Waals surface area (Å²) >= 11 is 0. The molecule has 2 aromatic rings. The normalized spacial score (nSPS) is 12.5. The lowest BCUT2D eigenvalue weighted by molar-refractivity contribution is 0.218. The van der Waals surface area contributed by atoms with Crippen LogP contribution in [0.4, 0.5) is 0 Å². The third-order valence-electron chi connectivity index (χ3n) is 2.80. The Morgan fingerprint density at radius 1 is 1.26 bits per heavy atom. The second kappa shape index (κ2) is 6.58. The Labute approximate surface area is 115 Å². The second-order valence-electron chi connectivity index (χ2n) is 4.15. The summed E-state index contributed by atoms with van der Waals surface area (Å²) in [6.07, 6.45) is 0. The minimum Gasteiger partial charge on any atom is -0.384 e. The fraction of sp³-hybridized carbons (Fsp3) is 0.385. The van der Waals surface area contributed by atoms with E-state index >= 15 is 0 Å². The Morgan fingerprint density at radius 3 is 2.68 bits per heavy atom. The summed E-state index contributed by atoms with van der Waals surface area (Å²) in [4.78, 5) is 0. The molecule has 0 fully saturated rings. The summed E-state index contributed by atoms with van der Waals surface area (Å²) in [5.74, 6) is 2.44. The molecule has 0 spiro atoms. The molecule has 19 heavy (non-hydrogen) atoms. The van der Waals surface area contributed by atoms with Crippen molar-refractivity contribution in [2.24, 2.45) is 7.05 Å². The molecule has 1 aromatic heterocycles. The number of hydrogen-bond donors (Lipinski definition) is 0. The zero-order valence-electron chi connectivity index (χ0n) is 11.1. The van der Waals surface area contributed by atoms with Crippen molar-refractivity contribution in [3.63, 3.8) is 0 Å². The third kappa shape index (κ3) is 3.48. The molecule has 0 unspecified atom stereocenters. The molecule has 102 valence electrons. The minimum absolute atomic E-state index is 0.402.